The monoisotopic (exact) mass is 214 g/mol. The summed E-state index contributed by atoms with van der Waals surface area (Å²) in [4.78, 5) is 2.35. The number of piperidine rings is 1. The van der Waals surface area contributed by atoms with Crippen LogP contribution in [0.1, 0.15) is 40.0 Å². The summed E-state index contributed by atoms with van der Waals surface area (Å²) in [6.45, 7) is 8.96. The van der Waals surface area contributed by atoms with Gasteiger partial charge in [0, 0.05) is 12.1 Å². The lowest BCUT2D eigenvalue weighted by molar-refractivity contribution is 0.0451. The molecule has 0 saturated carbocycles. The average Bonchev–Trinajstić information content (AvgIpc) is 2.22. The number of hydrogen-bond donors (Lipinski definition) is 2. The zero-order chi connectivity index (χ0) is 11.5. The van der Waals surface area contributed by atoms with Crippen molar-refractivity contribution in [2.24, 2.45) is 11.1 Å². The zero-order valence-electron chi connectivity index (χ0n) is 10.4. The summed E-state index contributed by atoms with van der Waals surface area (Å²) >= 11 is 0. The first-order chi connectivity index (χ1) is 7.02. The van der Waals surface area contributed by atoms with E-state index in [1.54, 1.807) is 0 Å². The fourth-order valence-corrected chi connectivity index (χ4v) is 2.36. The smallest absolute Gasteiger partial charge is 0.0601 e. The predicted octanol–water partition coefficient (Wildman–Crippen LogP) is 1.21. The van der Waals surface area contributed by atoms with Gasteiger partial charge < -0.3 is 10.8 Å². The van der Waals surface area contributed by atoms with Crippen LogP contribution in [0.3, 0.4) is 0 Å². The van der Waals surface area contributed by atoms with Crippen molar-refractivity contribution in [2.75, 3.05) is 19.7 Å². The number of rotatable bonds is 4. The van der Waals surface area contributed by atoms with Crippen molar-refractivity contribution in [3.8, 4) is 0 Å². The summed E-state index contributed by atoms with van der Waals surface area (Å²) in [5.41, 5.74) is 6.38. The lowest BCUT2D eigenvalue weighted by atomic mass is 9.78. The highest BCUT2D eigenvalue weighted by atomic mass is 16.3. The quantitative estimate of drug-likeness (QED) is 0.739. The highest BCUT2D eigenvalue weighted by molar-refractivity contribution is 4.87. The number of hydrogen-bond acceptors (Lipinski definition) is 3. The van der Waals surface area contributed by atoms with E-state index in [9.17, 15) is 5.11 Å². The molecule has 1 aliphatic heterocycles. The zero-order valence-corrected chi connectivity index (χ0v) is 10.4. The number of aliphatic hydroxyl groups is 1. The molecule has 2 unspecified atom stereocenters. The number of nitrogens with zero attached hydrogens (tertiary/aromatic N) is 1. The van der Waals surface area contributed by atoms with E-state index in [0.29, 0.717) is 5.41 Å². The van der Waals surface area contributed by atoms with E-state index < -0.39 is 0 Å². The molecule has 0 aromatic carbocycles. The Morgan fingerprint density at radius 3 is 2.27 bits per heavy atom. The molecule has 3 N–H and O–H groups in total. The Hall–Kier alpha value is -0.120. The van der Waals surface area contributed by atoms with Crippen molar-refractivity contribution in [1.29, 1.82) is 0 Å². The molecule has 15 heavy (non-hydrogen) atoms. The molecule has 3 heteroatoms. The first kappa shape index (κ1) is 12.9. The van der Waals surface area contributed by atoms with E-state index in [4.69, 9.17) is 5.73 Å². The van der Waals surface area contributed by atoms with E-state index in [-0.39, 0.29) is 18.7 Å². The molecule has 0 spiro atoms. The fraction of sp³-hybridized carbons (Fsp3) is 1.00. The molecule has 1 rings (SSSR count). The second-order valence-electron chi connectivity index (χ2n) is 5.31. The maximum Gasteiger partial charge on any atom is 0.0601 e. The molecule has 0 bridgehead atoms. The van der Waals surface area contributed by atoms with Crippen molar-refractivity contribution in [2.45, 2.75) is 52.1 Å². The maximum absolute atomic E-state index is 9.31. The van der Waals surface area contributed by atoms with Crippen molar-refractivity contribution >= 4 is 0 Å². The Morgan fingerprint density at radius 2 is 1.93 bits per heavy atom. The van der Waals surface area contributed by atoms with Gasteiger partial charge >= 0.3 is 0 Å². The third-order valence-electron chi connectivity index (χ3n) is 4.12. The summed E-state index contributed by atoms with van der Waals surface area (Å²) in [6, 6.07) is 0.201. The standard InChI is InChI=1S/C12H26N2O/c1-4-12(3)5-7-14(8-6-12)11(9-15)10(2)13/h10-11,15H,4-9,13H2,1-3H3. The minimum atomic E-state index is 0.0565. The van der Waals surface area contributed by atoms with E-state index in [0.717, 1.165) is 13.1 Å². The second kappa shape index (κ2) is 5.28. The molecule has 1 saturated heterocycles. The van der Waals surface area contributed by atoms with Crippen LogP contribution >= 0.6 is 0 Å². The third kappa shape index (κ3) is 3.16. The molecule has 90 valence electrons. The van der Waals surface area contributed by atoms with E-state index in [2.05, 4.69) is 18.7 Å². The lowest BCUT2D eigenvalue weighted by Gasteiger charge is -2.43. The molecule has 3 nitrogen and oxygen atoms in total. The maximum atomic E-state index is 9.31. The predicted molar refractivity (Wildman–Crippen MR) is 63.7 cm³/mol. The molecule has 1 aliphatic rings. The third-order valence-corrected chi connectivity index (χ3v) is 4.12. The first-order valence-corrected chi connectivity index (χ1v) is 6.13. The Balaban J connectivity index is 2.49. The van der Waals surface area contributed by atoms with Crippen LogP contribution in [0.25, 0.3) is 0 Å². The molecule has 2 atom stereocenters. The average molecular weight is 214 g/mol. The molecule has 0 radical (unpaired) electrons. The van der Waals surface area contributed by atoms with E-state index in [1.807, 2.05) is 6.92 Å². The molecule has 1 heterocycles. The summed E-state index contributed by atoms with van der Waals surface area (Å²) in [6.07, 6.45) is 3.71. The molecule has 0 aromatic heterocycles. The summed E-state index contributed by atoms with van der Waals surface area (Å²) in [5, 5.41) is 9.31. The van der Waals surface area contributed by atoms with Gasteiger partial charge in [-0.1, -0.05) is 20.3 Å². The number of likely N-dealkylation sites (tertiary alicyclic amines) is 1. The van der Waals surface area contributed by atoms with E-state index >= 15 is 0 Å². The van der Waals surface area contributed by atoms with Crippen LogP contribution in [0.4, 0.5) is 0 Å². The van der Waals surface area contributed by atoms with Crippen LogP contribution in [0.15, 0.2) is 0 Å². The van der Waals surface area contributed by atoms with Crippen LogP contribution in [-0.2, 0) is 0 Å². The molecular formula is C12H26N2O. The van der Waals surface area contributed by atoms with Gasteiger partial charge in [-0.3, -0.25) is 4.90 Å². The van der Waals surface area contributed by atoms with Crippen LogP contribution in [0.2, 0.25) is 0 Å². The van der Waals surface area contributed by atoms with Crippen LogP contribution < -0.4 is 5.73 Å². The van der Waals surface area contributed by atoms with Crippen LogP contribution in [0.5, 0.6) is 0 Å². The molecular weight excluding hydrogens is 188 g/mol. The molecule has 1 fully saturated rings. The van der Waals surface area contributed by atoms with E-state index in [1.165, 1.54) is 19.3 Å². The van der Waals surface area contributed by atoms with Gasteiger partial charge in [-0.15, -0.1) is 0 Å². The van der Waals surface area contributed by atoms with Crippen molar-refractivity contribution < 1.29 is 5.11 Å². The molecule has 0 aromatic rings. The Labute approximate surface area is 93.6 Å². The largest absolute Gasteiger partial charge is 0.395 e. The van der Waals surface area contributed by atoms with Crippen LogP contribution in [-0.4, -0.2) is 41.8 Å². The summed E-state index contributed by atoms with van der Waals surface area (Å²) < 4.78 is 0. The van der Waals surface area contributed by atoms with Gasteiger partial charge in [-0.2, -0.15) is 0 Å². The van der Waals surface area contributed by atoms with Crippen LogP contribution in [0, 0.1) is 5.41 Å². The van der Waals surface area contributed by atoms with Gasteiger partial charge in [0.15, 0.2) is 0 Å². The van der Waals surface area contributed by atoms with Gasteiger partial charge in [0.25, 0.3) is 0 Å². The normalized spacial score (nSPS) is 26.2. The Bertz CT molecular complexity index is 186. The van der Waals surface area contributed by atoms with Crippen molar-refractivity contribution in [1.82, 2.24) is 4.90 Å². The highest BCUT2D eigenvalue weighted by Crippen LogP contribution is 2.34. The van der Waals surface area contributed by atoms with Gasteiger partial charge in [0.1, 0.15) is 0 Å². The van der Waals surface area contributed by atoms with Crippen molar-refractivity contribution in [3.63, 3.8) is 0 Å². The molecule has 0 aliphatic carbocycles. The van der Waals surface area contributed by atoms with Gasteiger partial charge in [-0.05, 0) is 38.3 Å². The number of aliphatic hydroxyl groups excluding tert-OH is 1. The number of nitrogens with two attached hydrogens (primary N) is 1. The minimum absolute atomic E-state index is 0.0565. The molecule has 0 amide bonds. The summed E-state index contributed by atoms with van der Waals surface area (Å²) in [7, 11) is 0. The minimum Gasteiger partial charge on any atom is -0.395 e. The highest BCUT2D eigenvalue weighted by Gasteiger charge is 2.32. The van der Waals surface area contributed by atoms with Gasteiger partial charge in [-0.25, -0.2) is 0 Å². The van der Waals surface area contributed by atoms with Gasteiger partial charge in [0.05, 0.1) is 6.61 Å². The summed E-state index contributed by atoms with van der Waals surface area (Å²) in [5.74, 6) is 0. The Kier molecular flexibility index (Phi) is 4.56. The first-order valence-electron chi connectivity index (χ1n) is 6.13. The SMILES string of the molecule is CCC1(C)CCN(C(CO)C(C)N)CC1. The fourth-order valence-electron chi connectivity index (χ4n) is 2.36. The second-order valence-corrected chi connectivity index (χ2v) is 5.31. The topological polar surface area (TPSA) is 49.5 Å². The van der Waals surface area contributed by atoms with Crippen molar-refractivity contribution in [3.05, 3.63) is 0 Å². The lowest BCUT2D eigenvalue weighted by Crippen LogP contribution is -2.52. The Morgan fingerprint density at radius 1 is 1.40 bits per heavy atom. The van der Waals surface area contributed by atoms with Gasteiger partial charge in [0.2, 0.25) is 0 Å².